The highest BCUT2D eigenvalue weighted by atomic mass is 19.3. The minimum atomic E-state index is -4.71. The molecule has 248 valence electrons. The highest BCUT2D eigenvalue weighted by Crippen LogP contribution is 2.33. The van der Waals surface area contributed by atoms with E-state index in [1.807, 2.05) is 56.3 Å². The monoisotopic (exact) mass is 652 g/mol. The van der Waals surface area contributed by atoms with Crippen molar-refractivity contribution in [2.45, 2.75) is 46.3 Å². The van der Waals surface area contributed by atoms with Gasteiger partial charge in [0, 0.05) is 61.5 Å². The normalized spacial score (nSPS) is 14.0. The number of rotatable bonds is 11. The summed E-state index contributed by atoms with van der Waals surface area (Å²) >= 11 is 0. The molecule has 1 fully saturated rings. The van der Waals surface area contributed by atoms with Crippen molar-refractivity contribution in [2.24, 2.45) is 0 Å². The molecule has 4 aromatic rings. The Hall–Kier alpha value is -4.91. The van der Waals surface area contributed by atoms with Crippen LogP contribution >= 0.6 is 0 Å². The Morgan fingerprint density at radius 3 is 2.19 bits per heavy atom. The van der Waals surface area contributed by atoms with Gasteiger partial charge < -0.3 is 25.0 Å². The van der Waals surface area contributed by atoms with Crippen molar-refractivity contribution < 1.29 is 31.8 Å². The average molecular weight is 653 g/mol. The number of anilines is 4. The molecule has 1 aliphatic heterocycles. The van der Waals surface area contributed by atoms with E-state index in [4.69, 9.17) is 4.74 Å². The number of aromatic nitrogens is 2. The summed E-state index contributed by atoms with van der Waals surface area (Å²) in [7, 11) is 0. The highest BCUT2D eigenvalue weighted by molar-refractivity contribution is 6.06. The van der Waals surface area contributed by atoms with Gasteiger partial charge >= 0.3 is 12.5 Å². The fraction of sp³-hybridized carbons (Fsp3) is 0.324. The first-order valence-electron chi connectivity index (χ1n) is 15.1. The lowest BCUT2D eigenvalue weighted by Crippen LogP contribution is -2.48. The van der Waals surface area contributed by atoms with Crippen molar-refractivity contribution in [3.63, 3.8) is 0 Å². The number of nitrogens with zero attached hydrogens (tertiary/aromatic N) is 4. The van der Waals surface area contributed by atoms with E-state index in [1.165, 1.54) is 18.3 Å². The number of aryl methyl sites for hydroxylation is 2. The standard InChI is InChI=1S/C34H36F4N6O3/c1-21(2)43-15-17-44(18-16-43)25-13-11-24(12-14-25)40-33-39-20-28(30(45)41-29-22(3)7-5-8-23(29)4)31(42-33)46-26-9-6-10-27(19-26)47-34(37,38)32(35)36/h5-14,19-21,32H,15-18H2,1-4H3,(H,41,45)(H,39,40,42). The molecule has 2 heterocycles. The number of carbonyl (C=O) groups is 1. The van der Waals surface area contributed by atoms with Gasteiger partial charge in [-0.15, -0.1) is 0 Å². The third kappa shape index (κ3) is 8.28. The lowest BCUT2D eigenvalue weighted by molar-refractivity contribution is -0.253. The number of nitrogens with one attached hydrogen (secondary N) is 2. The van der Waals surface area contributed by atoms with Crippen molar-refractivity contribution in [3.8, 4) is 17.4 Å². The van der Waals surface area contributed by atoms with E-state index in [0.717, 1.165) is 55.1 Å². The Bertz CT molecular complexity index is 1680. The molecule has 0 atom stereocenters. The summed E-state index contributed by atoms with van der Waals surface area (Å²) < 4.78 is 62.7. The van der Waals surface area contributed by atoms with Gasteiger partial charge in [-0.25, -0.2) is 4.98 Å². The highest BCUT2D eigenvalue weighted by Gasteiger charge is 2.44. The van der Waals surface area contributed by atoms with Crippen LogP contribution in [0.4, 0.5) is 40.6 Å². The van der Waals surface area contributed by atoms with Crippen molar-refractivity contribution in [1.29, 1.82) is 0 Å². The minimum absolute atomic E-state index is 0.0571. The fourth-order valence-corrected chi connectivity index (χ4v) is 5.15. The molecule has 9 nitrogen and oxygen atoms in total. The predicted octanol–water partition coefficient (Wildman–Crippen LogP) is 7.65. The van der Waals surface area contributed by atoms with Gasteiger partial charge in [-0.1, -0.05) is 24.3 Å². The molecule has 47 heavy (non-hydrogen) atoms. The number of carbonyl (C=O) groups excluding carboxylic acids is 1. The quantitative estimate of drug-likeness (QED) is 0.160. The third-order valence-electron chi connectivity index (χ3n) is 7.78. The van der Waals surface area contributed by atoms with Crippen molar-refractivity contribution in [2.75, 3.05) is 41.7 Å². The molecule has 1 amide bonds. The van der Waals surface area contributed by atoms with Crippen LogP contribution in [0.1, 0.15) is 35.3 Å². The number of ether oxygens (including phenoxy) is 2. The molecule has 1 aliphatic rings. The number of amides is 1. The molecule has 3 aromatic carbocycles. The van der Waals surface area contributed by atoms with Crippen molar-refractivity contribution >= 4 is 28.9 Å². The molecule has 0 saturated carbocycles. The molecule has 1 saturated heterocycles. The summed E-state index contributed by atoms with van der Waals surface area (Å²) in [6.45, 7) is 11.9. The van der Waals surface area contributed by atoms with E-state index in [2.05, 4.69) is 49.0 Å². The number of halogens is 4. The largest absolute Gasteiger partial charge is 0.461 e. The summed E-state index contributed by atoms with van der Waals surface area (Å²) in [5, 5.41) is 5.96. The van der Waals surface area contributed by atoms with E-state index in [0.29, 0.717) is 17.4 Å². The third-order valence-corrected chi connectivity index (χ3v) is 7.78. The fourth-order valence-electron chi connectivity index (χ4n) is 5.15. The van der Waals surface area contributed by atoms with Crippen LogP contribution in [-0.4, -0.2) is 65.5 Å². The maximum atomic E-state index is 13.6. The van der Waals surface area contributed by atoms with Gasteiger partial charge in [0.15, 0.2) is 0 Å². The number of piperazine rings is 1. The number of para-hydroxylation sites is 1. The summed E-state index contributed by atoms with van der Waals surface area (Å²) in [6, 6.07) is 18.6. The Morgan fingerprint density at radius 2 is 1.55 bits per heavy atom. The van der Waals surface area contributed by atoms with Gasteiger partial charge in [-0.05, 0) is 75.2 Å². The maximum Gasteiger partial charge on any atom is 0.461 e. The number of alkyl halides is 4. The molecular weight excluding hydrogens is 616 g/mol. The zero-order chi connectivity index (χ0) is 33.7. The Labute approximate surface area is 270 Å². The van der Waals surface area contributed by atoms with Gasteiger partial charge in [-0.3, -0.25) is 9.69 Å². The van der Waals surface area contributed by atoms with Gasteiger partial charge in [0.05, 0.1) is 0 Å². The topological polar surface area (TPSA) is 91.9 Å². The van der Waals surface area contributed by atoms with E-state index in [-0.39, 0.29) is 23.1 Å². The van der Waals surface area contributed by atoms with Gasteiger partial charge in [0.1, 0.15) is 17.1 Å². The lowest BCUT2D eigenvalue weighted by atomic mass is 10.1. The molecule has 13 heteroatoms. The van der Waals surface area contributed by atoms with E-state index >= 15 is 0 Å². The molecule has 0 spiro atoms. The van der Waals surface area contributed by atoms with Gasteiger partial charge in [0.25, 0.3) is 5.91 Å². The zero-order valence-electron chi connectivity index (χ0n) is 26.4. The van der Waals surface area contributed by atoms with Crippen LogP contribution < -0.4 is 25.0 Å². The zero-order valence-corrected chi connectivity index (χ0v) is 26.4. The summed E-state index contributed by atoms with van der Waals surface area (Å²) in [5.74, 6) is -1.34. The molecule has 0 bridgehead atoms. The minimum Gasteiger partial charge on any atom is -0.438 e. The first-order chi connectivity index (χ1) is 22.4. The SMILES string of the molecule is Cc1cccc(C)c1NC(=O)c1cnc(Nc2ccc(N3CCN(C(C)C)CC3)cc2)nc1Oc1cccc(OC(F)(F)C(F)F)c1. The summed E-state index contributed by atoms with van der Waals surface area (Å²) in [5.41, 5.74) is 3.96. The molecule has 5 rings (SSSR count). The first kappa shape index (κ1) is 33.5. The van der Waals surface area contributed by atoms with E-state index in [1.54, 1.807) is 0 Å². The Balaban J connectivity index is 1.39. The van der Waals surface area contributed by atoms with E-state index < -0.39 is 24.2 Å². The lowest BCUT2D eigenvalue weighted by Gasteiger charge is -2.38. The van der Waals surface area contributed by atoms with Gasteiger partial charge in [-0.2, -0.15) is 22.5 Å². The molecule has 0 unspecified atom stereocenters. The van der Waals surface area contributed by atoms with Crippen LogP contribution in [0, 0.1) is 13.8 Å². The van der Waals surface area contributed by atoms with Crippen LogP contribution in [0.2, 0.25) is 0 Å². The summed E-state index contributed by atoms with van der Waals surface area (Å²) in [6.07, 6.45) is -7.47. The van der Waals surface area contributed by atoms with Crippen LogP contribution in [0.25, 0.3) is 0 Å². The van der Waals surface area contributed by atoms with Crippen LogP contribution in [0.5, 0.6) is 17.4 Å². The Kier molecular flexibility index (Phi) is 10.1. The molecule has 0 radical (unpaired) electrons. The second-order valence-corrected chi connectivity index (χ2v) is 11.5. The van der Waals surface area contributed by atoms with Gasteiger partial charge in [0.2, 0.25) is 11.8 Å². The molecule has 1 aromatic heterocycles. The van der Waals surface area contributed by atoms with Crippen LogP contribution in [0.15, 0.2) is 72.9 Å². The first-order valence-corrected chi connectivity index (χ1v) is 15.1. The number of benzene rings is 3. The smallest absolute Gasteiger partial charge is 0.438 e. The summed E-state index contributed by atoms with van der Waals surface area (Å²) in [4.78, 5) is 27.0. The van der Waals surface area contributed by atoms with Crippen molar-refractivity contribution in [1.82, 2.24) is 14.9 Å². The maximum absolute atomic E-state index is 13.6. The average Bonchev–Trinajstić information content (AvgIpc) is 3.03. The number of hydrogen-bond donors (Lipinski definition) is 2. The molecule has 2 N–H and O–H groups in total. The second-order valence-electron chi connectivity index (χ2n) is 11.5. The Morgan fingerprint density at radius 1 is 0.915 bits per heavy atom. The van der Waals surface area contributed by atoms with Crippen LogP contribution in [0.3, 0.4) is 0 Å². The second kappa shape index (κ2) is 14.2. The molecule has 0 aliphatic carbocycles. The van der Waals surface area contributed by atoms with E-state index in [9.17, 15) is 22.4 Å². The number of hydrogen-bond acceptors (Lipinski definition) is 8. The predicted molar refractivity (Wildman–Crippen MR) is 173 cm³/mol. The van der Waals surface area contributed by atoms with Crippen LogP contribution in [-0.2, 0) is 0 Å². The molecular formula is C34H36F4N6O3. The van der Waals surface area contributed by atoms with Crippen molar-refractivity contribution in [3.05, 3.63) is 89.6 Å².